The number of carboxylic acids is 1. The third kappa shape index (κ3) is 3.84. The van der Waals surface area contributed by atoms with Crippen LogP contribution in [0.15, 0.2) is 6.07 Å². The first-order valence-electron chi connectivity index (χ1n) is 9.14. The monoisotopic (exact) mass is 391 g/mol. The summed E-state index contributed by atoms with van der Waals surface area (Å²) in [5.41, 5.74) is 12.9. The van der Waals surface area contributed by atoms with Gasteiger partial charge < -0.3 is 26.4 Å². The highest BCUT2D eigenvalue weighted by Gasteiger charge is 2.24. The van der Waals surface area contributed by atoms with Crippen molar-refractivity contribution in [2.24, 2.45) is 5.73 Å². The van der Waals surface area contributed by atoms with Crippen molar-refractivity contribution in [3.05, 3.63) is 16.5 Å². The van der Waals surface area contributed by atoms with Crippen molar-refractivity contribution in [1.82, 2.24) is 9.88 Å². The van der Waals surface area contributed by atoms with Gasteiger partial charge in [0.25, 0.3) is 0 Å². The van der Waals surface area contributed by atoms with Gasteiger partial charge in [-0.05, 0) is 18.1 Å². The summed E-state index contributed by atoms with van der Waals surface area (Å²) in [7, 11) is 0. The van der Waals surface area contributed by atoms with E-state index in [1.54, 1.807) is 0 Å². The summed E-state index contributed by atoms with van der Waals surface area (Å²) in [5, 5.41) is 10.1. The lowest BCUT2D eigenvalue weighted by molar-refractivity contribution is -0.131. The molecule has 0 unspecified atom stereocenters. The number of nitrogens with two attached hydrogens (primary N) is 2. The Hall–Kier alpha value is -2.39. The minimum atomic E-state index is -1.02. The van der Waals surface area contributed by atoms with E-state index in [4.69, 9.17) is 11.5 Å². The predicted molar refractivity (Wildman–Crippen MR) is 107 cm³/mol. The normalized spacial score (nSPS) is 14.7. The van der Waals surface area contributed by atoms with E-state index in [1.165, 1.54) is 0 Å². The van der Waals surface area contributed by atoms with E-state index < -0.39 is 5.97 Å². The Bertz CT molecular complexity index is 858. The first-order chi connectivity index (χ1) is 13.0. The van der Waals surface area contributed by atoms with Gasteiger partial charge in [-0.15, -0.1) is 11.3 Å². The van der Waals surface area contributed by atoms with Crippen LogP contribution >= 0.6 is 11.3 Å². The molecule has 1 amide bonds. The second-order valence-electron chi connectivity index (χ2n) is 6.63. The number of carboxylic acid groups (broad SMARTS) is 1. The molecule has 2 aromatic heterocycles. The minimum Gasteiger partial charge on any atom is -0.477 e. The van der Waals surface area contributed by atoms with E-state index in [0.29, 0.717) is 49.7 Å². The average Bonchev–Trinajstić information content (AvgIpc) is 2.99. The number of carbonyl (C=O) groups is 2. The van der Waals surface area contributed by atoms with Crippen molar-refractivity contribution >= 4 is 44.9 Å². The van der Waals surface area contributed by atoms with Crippen LogP contribution in [-0.4, -0.2) is 59.6 Å². The maximum absolute atomic E-state index is 12.0. The minimum absolute atomic E-state index is 0.0874. The Morgan fingerprint density at radius 3 is 2.59 bits per heavy atom. The highest BCUT2D eigenvalue weighted by molar-refractivity contribution is 7.21. The number of thiophene rings is 1. The molecular formula is C18H25N5O3S. The lowest BCUT2D eigenvalue weighted by Crippen LogP contribution is -2.49. The molecule has 0 saturated carbocycles. The molecule has 1 aliphatic heterocycles. The largest absolute Gasteiger partial charge is 0.477 e. The topological polar surface area (TPSA) is 126 Å². The second-order valence-corrected chi connectivity index (χ2v) is 7.63. The molecule has 27 heavy (non-hydrogen) atoms. The first kappa shape index (κ1) is 19.4. The summed E-state index contributed by atoms with van der Waals surface area (Å²) in [6.45, 7) is 5.08. The van der Waals surface area contributed by atoms with E-state index in [2.05, 4.69) is 16.8 Å². The molecule has 0 aromatic carbocycles. The van der Waals surface area contributed by atoms with Crippen molar-refractivity contribution in [3.8, 4) is 0 Å². The number of nitrogen functional groups attached to an aromatic ring is 1. The van der Waals surface area contributed by atoms with Gasteiger partial charge in [-0.3, -0.25) is 4.79 Å². The molecule has 1 fully saturated rings. The molecule has 3 heterocycles. The van der Waals surface area contributed by atoms with Crippen molar-refractivity contribution in [2.45, 2.75) is 26.2 Å². The zero-order valence-corrected chi connectivity index (χ0v) is 16.2. The van der Waals surface area contributed by atoms with Crippen LogP contribution in [-0.2, 0) is 11.2 Å². The summed E-state index contributed by atoms with van der Waals surface area (Å²) in [6, 6.07) is 2.01. The fourth-order valence-corrected chi connectivity index (χ4v) is 4.41. The number of aromatic nitrogens is 1. The van der Waals surface area contributed by atoms with Gasteiger partial charge in [0, 0.05) is 44.5 Å². The van der Waals surface area contributed by atoms with Gasteiger partial charge in [-0.2, -0.15) is 0 Å². The summed E-state index contributed by atoms with van der Waals surface area (Å²) in [5.74, 6) is -0.119. The number of carbonyl (C=O) groups excluding carboxylic acids is 1. The average molecular weight is 391 g/mol. The lowest BCUT2D eigenvalue weighted by atomic mass is 10.1. The fraction of sp³-hybridized carbons (Fsp3) is 0.500. The van der Waals surface area contributed by atoms with E-state index in [-0.39, 0.29) is 10.8 Å². The number of nitrogens with zero attached hydrogens (tertiary/aromatic N) is 3. The van der Waals surface area contributed by atoms with Crippen molar-refractivity contribution < 1.29 is 14.7 Å². The van der Waals surface area contributed by atoms with Crippen LogP contribution in [0.2, 0.25) is 0 Å². The molecule has 1 saturated heterocycles. The summed E-state index contributed by atoms with van der Waals surface area (Å²) >= 11 is 1.12. The third-order valence-electron chi connectivity index (χ3n) is 4.80. The standard InChI is InChI=1S/C18H25N5O3S/c1-2-3-11-10-12(21-17-14(11)15(20)16(27-17)18(25)26)22-6-8-23(9-7-22)13(24)4-5-19/h10H,2-9,19-20H2,1H3,(H,25,26). The molecule has 146 valence electrons. The van der Waals surface area contributed by atoms with Crippen LogP contribution < -0.4 is 16.4 Å². The molecular weight excluding hydrogens is 366 g/mol. The third-order valence-corrected chi connectivity index (χ3v) is 5.88. The van der Waals surface area contributed by atoms with E-state index >= 15 is 0 Å². The van der Waals surface area contributed by atoms with Gasteiger partial charge in [0.15, 0.2) is 0 Å². The van der Waals surface area contributed by atoms with Gasteiger partial charge in [-0.1, -0.05) is 13.3 Å². The molecule has 9 heteroatoms. The number of fused-ring (bicyclic) bond motifs is 1. The Morgan fingerprint density at radius 2 is 2.00 bits per heavy atom. The zero-order valence-electron chi connectivity index (χ0n) is 15.4. The number of rotatable bonds is 6. The van der Waals surface area contributed by atoms with Crippen LogP contribution in [0.25, 0.3) is 10.2 Å². The Balaban J connectivity index is 1.89. The molecule has 3 rings (SSSR count). The molecule has 0 aliphatic carbocycles. The summed E-state index contributed by atoms with van der Waals surface area (Å²) in [6.07, 6.45) is 2.11. The predicted octanol–water partition coefficient (Wildman–Crippen LogP) is 1.53. The maximum Gasteiger partial charge on any atom is 0.348 e. The highest BCUT2D eigenvalue weighted by atomic mass is 32.1. The van der Waals surface area contributed by atoms with Gasteiger partial charge in [0.2, 0.25) is 5.91 Å². The molecule has 0 atom stereocenters. The Morgan fingerprint density at radius 1 is 1.30 bits per heavy atom. The highest BCUT2D eigenvalue weighted by Crippen LogP contribution is 2.37. The number of amides is 1. The smallest absolute Gasteiger partial charge is 0.348 e. The van der Waals surface area contributed by atoms with Crippen LogP contribution in [0.4, 0.5) is 11.5 Å². The van der Waals surface area contributed by atoms with Crippen LogP contribution in [0.5, 0.6) is 0 Å². The lowest BCUT2D eigenvalue weighted by Gasteiger charge is -2.35. The number of anilines is 2. The van der Waals surface area contributed by atoms with Crippen molar-refractivity contribution in [3.63, 3.8) is 0 Å². The Labute approximate surface area is 161 Å². The number of pyridine rings is 1. The zero-order chi connectivity index (χ0) is 19.6. The maximum atomic E-state index is 12.0. The van der Waals surface area contributed by atoms with Gasteiger partial charge in [0.05, 0.1) is 5.69 Å². The Kier molecular flexibility index (Phi) is 5.81. The molecule has 8 nitrogen and oxygen atoms in total. The van der Waals surface area contributed by atoms with Gasteiger partial charge in [-0.25, -0.2) is 9.78 Å². The molecule has 0 radical (unpaired) electrons. The summed E-state index contributed by atoms with van der Waals surface area (Å²) < 4.78 is 0. The van der Waals surface area contributed by atoms with Gasteiger partial charge >= 0.3 is 5.97 Å². The van der Waals surface area contributed by atoms with E-state index in [1.807, 2.05) is 11.0 Å². The van der Waals surface area contributed by atoms with Crippen molar-refractivity contribution in [1.29, 1.82) is 0 Å². The number of aromatic carboxylic acids is 1. The van der Waals surface area contributed by atoms with Crippen LogP contribution in [0, 0.1) is 0 Å². The molecule has 1 aliphatic rings. The first-order valence-corrected chi connectivity index (χ1v) is 9.95. The van der Waals surface area contributed by atoms with E-state index in [0.717, 1.165) is 40.9 Å². The SMILES string of the molecule is CCCc1cc(N2CCN(C(=O)CCN)CC2)nc2sc(C(=O)O)c(N)c12. The van der Waals surface area contributed by atoms with E-state index in [9.17, 15) is 14.7 Å². The quantitative estimate of drug-likeness (QED) is 0.681. The number of hydrogen-bond donors (Lipinski definition) is 3. The second kappa shape index (κ2) is 8.10. The van der Waals surface area contributed by atoms with Crippen LogP contribution in [0.1, 0.15) is 35.0 Å². The van der Waals surface area contributed by atoms with Crippen molar-refractivity contribution in [2.75, 3.05) is 43.4 Å². The number of piperazine rings is 1. The number of hydrogen-bond acceptors (Lipinski definition) is 7. The summed E-state index contributed by atoms with van der Waals surface area (Å²) in [4.78, 5) is 32.9. The molecule has 5 N–H and O–H groups in total. The van der Waals surface area contributed by atoms with Crippen LogP contribution in [0.3, 0.4) is 0 Å². The number of aryl methyl sites for hydroxylation is 1. The van der Waals surface area contributed by atoms with Gasteiger partial charge in [0.1, 0.15) is 15.5 Å². The molecule has 0 spiro atoms. The molecule has 0 bridgehead atoms. The molecule has 2 aromatic rings. The fourth-order valence-electron chi connectivity index (χ4n) is 3.44.